The van der Waals surface area contributed by atoms with Gasteiger partial charge in [0, 0.05) is 31.0 Å². The van der Waals surface area contributed by atoms with Crippen LogP contribution >= 0.6 is 0 Å². The second-order valence-corrected chi connectivity index (χ2v) is 3.69. The van der Waals surface area contributed by atoms with Crippen LogP contribution in [0.2, 0.25) is 0 Å². The fourth-order valence-corrected chi connectivity index (χ4v) is 1.77. The number of aromatic nitrogens is 1. The number of rotatable bonds is 1. The van der Waals surface area contributed by atoms with Crippen LogP contribution in [0.3, 0.4) is 0 Å². The Balaban J connectivity index is 2.14. The quantitative estimate of drug-likeness (QED) is 0.686. The van der Waals surface area contributed by atoms with Crippen molar-refractivity contribution < 1.29 is 5.11 Å². The first kappa shape index (κ1) is 9.27. The predicted octanol–water partition coefficient (Wildman–Crippen LogP) is 0.625. The van der Waals surface area contributed by atoms with E-state index in [1.807, 2.05) is 6.07 Å². The van der Waals surface area contributed by atoms with Gasteiger partial charge in [0.1, 0.15) is 5.82 Å². The number of hydrogen-bond donors (Lipinski definition) is 2. The summed E-state index contributed by atoms with van der Waals surface area (Å²) in [6.45, 7) is 1.62. The van der Waals surface area contributed by atoms with Crippen LogP contribution in [-0.2, 0) is 0 Å². The second kappa shape index (κ2) is 3.84. The van der Waals surface area contributed by atoms with Gasteiger partial charge in [-0.25, -0.2) is 4.98 Å². The van der Waals surface area contributed by atoms with Gasteiger partial charge in [-0.2, -0.15) is 0 Å². The summed E-state index contributed by atoms with van der Waals surface area (Å²) in [7, 11) is 0. The van der Waals surface area contributed by atoms with Crippen molar-refractivity contribution in [3.63, 3.8) is 0 Å². The van der Waals surface area contributed by atoms with Crippen molar-refractivity contribution in [2.75, 3.05) is 23.7 Å². The zero-order valence-electron chi connectivity index (χ0n) is 8.06. The lowest BCUT2D eigenvalue weighted by molar-refractivity contribution is 0.154. The summed E-state index contributed by atoms with van der Waals surface area (Å²) in [5, 5.41) is 9.51. The molecule has 2 heterocycles. The van der Waals surface area contributed by atoms with E-state index in [0.29, 0.717) is 6.54 Å². The maximum atomic E-state index is 9.51. The third-order valence-electron chi connectivity index (χ3n) is 2.49. The monoisotopic (exact) mass is 193 g/mol. The van der Waals surface area contributed by atoms with E-state index in [9.17, 15) is 5.11 Å². The molecule has 2 rings (SSSR count). The van der Waals surface area contributed by atoms with Gasteiger partial charge < -0.3 is 15.7 Å². The largest absolute Gasteiger partial charge is 0.399 e. The minimum atomic E-state index is -0.230. The van der Waals surface area contributed by atoms with Crippen molar-refractivity contribution in [1.82, 2.24) is 4.98 Å². The first-order valence-electron chi connectivity index (χ1n) is 4.90. The molecule has 1 aliphatic heterocycles. The number of aliphatic hydroxyl groups excluding tert-OH is 1. The molecule has 0 aliphatic carbocycles. The first-order valence-corrected chi connectivity index (χ1v) is 4.90. The Morgan fingerprint density at radius 1 is 1.57 bits per heavy atom. The van der Waals surface area contributed by atoms with Gasteiger partial charge in [-0.1, -0.05) is 0 Å². The standard InChI is InChI=1S/C10H15N3O/c11-8-3-4-12-10(6-8)13-5-1-2-9(14)7-13/h3-4,6,9,14H,1-2,5,7H2,(H2,11,12). The second-order valence-electron chi connectivity index (χ2n) is 3.69. The van der Waals surface area contributed by atoms with Crippen LogP contribution in [0.15, 0.2) is 18.3 Å². The van der Waals surface area contributed by atoms with E-state index in [1.54, 1.807) is 12.3 Å². The minimum Gasteiger partial charge on any atom is -0.399 e. The van der Waals surface area contributed by atoms with E-state index >= 15 is 0 Å². The van der Waals surface area contributed by atoms with Gasteiger partial charge in [-0.3, -0.25) is 0 Å². The van der Waals surface area contributed by atoms with Crippen LogP contribution in [0.5, 0.6) is 0 Å². The van der Waals surface area contributed by atoms with Crippen LogP contribution in [0, 0.1) is 0 Å². The number of nitrogen functional groups attached to an aromatic ring is 1. The first-order chi connectivity index (χ1) is 6.75. The number of pyridine rings is 1. The average Bonchev–Trinajstić information content (AvgIpc) is 2.18. The molecule has 1 aromatic heterocycles. The molecule has 1 aromatic rings. The highest BCUT2D eigenvalue weighted by Gasteiger charge is 2.18. The Kier molecular flexibility index (Phi) is 2.54. The fraction of sp³-hybridized carbons (Fsp3) is 0.500. The maximum Gasteiger partial charge on any atom is 0.130 e. The van der Waals surface area contributed by atoms with Crippen LogP contribution in [0.1, 0.15) is 12.8 Å². The molecule has 0 saturated carbocycles. The van der Waals surface area contributed by atoms with Crippen molar-refractivity contribution in [2.45, 2.75) is 18.9 Å². The molecule has 0 amide bonds. The summed E-state index contributed by atoms with van der Waals surface area (Å²) in [5.41, 5.74) is 6.39. The van der Waals surface area contributed by atoms with Crippen LogP contribution in [0.25, 0.3) is 0 Å². The lowest BCUT2D eigenvalue weighted by atomic mass is 10.1. The summed E-state index contributed by atoms with van der Waals surface area (Å²) < 4.78 is 0. The third-order valence-corrected chi connectivity index (χ3v) is 2.49. The van der Waals surface area contributed by atoms with Crippen molar-refractivity contribution >= 4 is 11.5 Å². The highest BCUT2D eigenvalue weighted by Crippen LogP contribution is 2.19. The number of aliphatic hydroxyl groups is 1. The number of nitrogens with zero attached hydrogens (tertiary/aromatic N) is 2. The molecule has 3 N–H and O–H groups in total. The molecule has 14 heavy (non-hydrogen) atoms. The molecular formula is C10H15N3O. The van der Waals surface area contributed by atoms with Gasteiger partial charge in [-0.05, 0) is 18.9 Å². The van der Waals surface area contributed by atoms with E-state index in [4.69, 9.17) is 5.73 Å². The highest BCUT2D eigenvalue weighted by molar-refractivity contribution is 5.50. The number of piperidine rings is 1. The molecule has 0 radical (unpaired) electrons. The molecule has 4 nitrogen and oxygen atoms in total. The summed E-state index contributed by atoms with van der Waals surface area (Å²) in [6, 6.07) is 3.61. The summed E-state index contributed by atoms with van der Waals surface area (Å²) in [5.74, 6) is 0.865. The van der Waals surface area contributed by atoms with Crippen molar-refractivity contribution in [1.29, 1.82) is 0 Å². The van der Waals surface area contributed by atoms with Gasteiger partial charge in [0.15, 0.2) is 0 Å². The third kappa shape index (κ3) is 1.96. The fourth-order valence-electron chi connectivity index (χ4n) is 1.77. The number of anilines is 2. The lowest BCUT2D eigenvalue weighted by Crippen LogP contribution is -2.38. The van der Waals surface area contributed by atoms with E-state index in [2.05, 4.69) is 9.88 Å². The zero-order chi connectivity index (χ0) is 9.97. The Bertz CT molecular complexity index is 316. The molecule has 0 bridgehead atoms. The lowest BCUT2D eigenvalue weighted by Gasteiger charge is -2.31. The SMILES string of the molecule is Nc1ccnc(N2CCCC(O)C2)c1. The molecule has 76 valence electrons. The van der Waals surface area contributed by atoms with Crippen molar-refractivity contribution in [2.24, 2.45) is 0 Å². The molecule has 1 atom stereocenters. The summed E-state index contributed by atoms with van der Waals surface area (Å²) in [6.07, 6.45) is 3.37. The van der Waals surface area contributed by atoms with E-state index in [0.717, 1.165) is 30.9 Å². The summed E-state index contributed by atoms with van der Waals surface area (Å²) in [4.78, 5) is 6.31. The maximum absolute atomic E-state index is 9.51. The Morgan fingerprint density at radius 3 is 3.14 bits per heavy atom. The molecule has 1 fully saturated rings. The molecular weight excluding hydrogens is 178 g/mol. The van der Waals surface area contributed by atoms with Crippen molar-refractivity contribution in [3.05, 3.63) is 18.3 Å². The van der Waals surface area contributed by atoms with Crippen LogP contribution in [0.4, 0.5) is 11.5 Å². The van der Waals surface area contributed by atoms with Crippen LogP contribution < -0.4 is 10.6 Å². The smallest absolute Gasteiger partial charge is 0.130 e. The Labute approximate surface area is 83.4 Å². The highest BCUT2D eigenvalue weighted by atomic mass is 16.3. The average molecular weight is 193 g/mol. The Hall–Kier alpha value is -1.29. The van der Waals surface area contributed by atoms with Gasteiger partial charge in [0.05, 0.1) is 6.10 Å². The van der Waals surface area contributed by atoms with E-state index in [1.165, 1.54) is 0 Å². The van der Waals surface area contributed by atoms with E-state index in [-0.39, 0.29) is 6.10 Å². The Morgan fingerprint density at radius 2 is 2.43 bits per heavy atom. The summed E-state index contributed by atoms with van der Waals surface area (Å²) >= 11 is 0. The minimum absolute atomic E-state index is 0.230. The normalized spacial score (nSPS) is 22.4. The zero-order valence-corrected chi connectivity index (χ0v) is 8.06. The number of hydrogen-bond acceptors (Lipinski definition) is 4. The predicted molar refractivity (Wildman–Crippen MR) is 56.1 cm³/mol. The van der Waals surface area contributed by atoms with Gasteiger partial charge in [-0.15, -0.1) is 0 Å². The van der Waals surface area contributed by atoms with Crippen molar-refractivity contribution in [3.8, 4) is 0 Å². The van der Waals surface area contributed by atoms with Gasteiger partial charge in [0.25, 0.3) is 0 Å². The molecule has 1 aliphatic rings. The van der Waals surface area contributed by atoms with Gasteiger partial charge in [0.2, 0.25) is 0 Å². The van der Waals surface area contributed by atoms with E-state index < -0.39 is 0 Å². The molecule has 0 aromatic carbocycles. The van der Waals surface area contributed by atoms with Gasteiger partial charge >= 0.3 is 0 Å². The molecule has 1 unspecified atom stereocenters. The van der Waals surface area contributed by atoms with Crippen LogP contribution in [-0.4, -0.2) is 29.3 Å². The number of β-amino-alcohol motifs (C(OH)–C–C–N with tert-alkyl or cyclic N) is 1. The topological polar surface area (TPSA) is 62.4 Å². The number of nitrogens with two attached hydrogens (primary N) is 1. The molecule has 1 saturated heterocycles. The molecule has 0 spiro atoms. The molecule has 4 heteroatoms.